The van der Waals surface area contributed by atoms with Crippen molar-refractivity contribution < 1.29 is 30.7 Å². The summed E-state index contributed by atoms with van der Waals surface area (Å²) in [7, 11) is -4.08. The molecule has 196 valence electrons. The molecule has 9 heteroatoms. The minimum absolute atomic E-state index is 0.00773. The second kappa shape index (κ2) is 11.0. The Kier molecular flexibility index (Phi) is 7.94. The Bertz CT molecular complexity index is 1440. The first-order chi connectivity index (χ1) is 17.6. The first-order valence-corrected chi connectivity index (χ1v) is 13.5. The molecule has 0 bridgehead atoms. The van der Waals surface area contributed by atoms with Gasteiger partial charge >= 0.3 is 6.18 Å². The zero-order valence-electron chi connectivity index (χ0n) is 20.6. The van der Waals surface area contributed by atoms with Crippen molar-refractivity contribution in [1.82, 2.24) is 4.90 Å². The number of hydrogen-bond acceptors (Lipinski definition) is 5. The number of fused-ring (bicyclic) bond motifs is 1. The molecule has 3 aromatic carbocycles. The predicted octanol–water partition coefficient (Wildman–Crippen LogP) is 7.06. The van der Waals surface area contributed by atoms with Gasteiger partial charge in [-0.25, -0.2) is 8.42 Å². The Hall–Kier alpha value is -3.30. The number of rotatable bonds is 10. The Morgan fingerprint density at radius 2 is 1.54 bits per heavy atom. The molecule has 0 fully saturated rings. The van der Waals surface area contributed by atoms with E-state index in [-0.39, 0.29) is 21.1 Å². The number of nitrogens with zero attached hydrogens (tertiary/aromatic N) is 1. The quantitative estimate of drug-likeness (QED) is 0.205. The number of hydrogen-bond donors (Lipinski definition) is 0. The molecule has 0 unspecified atom stereocenters. The fourth-order valence-electron chi connectivity index (χ4n) is 4.14. The molecule has 0 spiro atoms. The number of furan rings is 1. The van der Waals surface area contributed by atoms with Crippen LogP contribution in [0.5, 0.6) is 5.75 Å². The topological polar surface area (TPSA) is 59.8 Å². The van der Waals surface area contributed by atoms with Crippen LogP contribution >= 0.6 is 0 Å². The molecule has 0 atom stereocenters. The summed E-state index contributed by atoms with van der Waals surface area (Å²) in [5.74, 6) is 0.546. The van der Waals surface area contributed by atoms with Crippen molar-refractivity contribution in [3.8, 4) is 17.1 Å². The standard InChI is InChI=1S/C28H28F3NO4S/c1-3-32(4-2)18-7-19-35-22-14-16-23(17-15-22)37(33,34)27-24-8-5-6-9-25(24)36-26(27)20-10-12-21(13-11-20)28(29,30)31/h5-6,8-17H,3-4,7,18-19H2,1-2H3. The number of halogens is 3. The third-order valence-electron chi connectivity index (χ3n) is 6.21. The molecule has 37 heavy (non-hydrogen) atoms. The van der Waals surface area contributed by atoms with E-state index in [9.17, 15) is 21.6 Å². The molecule has 4 rings (SSSR count). The Balaban J connectivity index is 1.63. The van der Waals surface area contributed by atoms with Gasteiger partial charge in [-0.2, -0.15) is 13.2 Å². The third-order valence-corrected chi connectivity index (χ3v) is 8.04. The van der Waals surface area contributed by atoms with Crippen LogP contribution in [0.4, 0.5) is 13.2 Å². The smallest absolute Gasteiger partial charge is 0.416 e. The van der Waals surface area contributed by atoms with E-state index in [0.29, 0.717) is 23.3 Å². The molecule has 0 N–H and O–H groups in total. The second-order valence-corrected chi connectivity index (χ2v) is 10.4. The van der Waals surface area contributed by atoms with Gasteiger partial charge in [0.25, 0.3) is 0 Å². The minimum Gasteiger partial charge on any atom is -0.494 e. The molecule has 1 heterocycles. The molecule has 0 radical (unpaired) electrons. The average molecular weight is 532 g/mol. The lowest BCUT2D eigenvalue weighted by Crippen LogP contribution is -2.25. The molecule has 4 aromatic rings. The Morgan fingerprint density at radius 3 is 2.16 bits per heavy atom. The van der Waals surface area contributed by atoms with E-state index in [1.807, 2.05) is 0 Å². The first kappa shape index (κ1) is 26.8. The Labute approximate surface area is 214 Å². The Morgan fingerprint density at radius 1 is 0.892 bits per heavy atom. The molecular weight excluding hydrogens is 503 g/mol. The van der Waals surface area contributed by atoms with Crippen LogP contribution < -0.4 is 4.74 Å². The van der Waals surface area contributed by atoms with Crippen LogP contribution in [0.25, 0.3) is 22.3 Å². The van der Waals surface area contributed by atoms with E-state index in [4.69, 9.17) is 9.15 Å². The van der Waals surface area contributed by atoms with Crippen LogP contribution in [0.3, 0.4) is 0 Å². The van der Waals surface area contributed by atoms with Gasteiger partial charge in [0.05, 0.1) is 17.1 Å². The summed E-state index contributed by atoms with van der Waals surface area (Å²) in [6, 6.07) is 17.0. The van der Waals surface area contributed by atoms with Crippen molar-refractivity contribution in [2.75, 3.05) is 26.2 Å². The van der Waals surface area contributed by atoms with Crippen molar-refractivity contribution in [1.29, 1.82) is 0 Å². The molecule has 5 nitrogen and oxygen atoms in total. The van der Waals surface area contributed by atoms with E-state index >= 15 is 0 Å². The highest BCUT2D eigenvalue weighted by molar-refractivity contribution is 7.91. The van der Waals surface area contributed by atoms with Crippen molar-refractivity contribution >= 4 is 20.8 Å². The normalized spacial score (nSPS) is 12.4. The summed E-state index contributed by atoms with van der Waals surface area (Å²) >= 11 is 0. The van der Waals surface area contributed by atoms with Gasteiger partial charge in [0.15, 0.2) is 5.76 Å². The highest BCUT2D eigenvalue weighted by atomic mass is 32.2. The van der Waals surface area contributed by atoms with Crippen molar-refractivity contribution in [2.24, 2.45) is 0 Å². The summed E-state index contributed by atoms with van der Waals surface area (Å²) in [6.07, 6.45) is -3.66. The summed E-state index contributed by atoms with van der Waals surface area (Å²) in [6.45, 7) is 7.58. The number of sulfone groups is 1. The molecule has 0 saturated carbocycles. The maximum Gasteiger partial charge on any atom is 0.416 e. The largest absolute Gasteiger partial charge is 0.494 e. The maximum absolute atomic E-state index is 13.8. The van der Waals surface area contributed by atoms with E-state index in [2.05, 4.69) is 18.7 Å². The van der Waals surface area contributed by atoms with Gasteiger partial charge in [-0.3, -0.25) is 0 Å². The molecule has 1 aromatic heterocycles. The van der Waals surface area contributed by atoms with Crippen LogP contribution in [0, 0.1) is 0 Å². The molecule has 0 amide bonds. The van der Waals surface area contributed by atoms with E-state index in [0.717, 1.165) is 38.2 Å². The highest BCUT2D eigenvalue weighted by Crippen LogP contribution is 2.40. The van der Waals surface area contributed by atoms with Crippen LogP contribution in [0.1, 0.15) is 25.8 Å². The van der Waals surface area contributed by atoms with Gasteiger partial charge < -0.3 is 14.1 Å². The van der Waals surface area contributed by atoms with Gasteiger partial charge in [-0.15, -0.1) is 0 Å². The summed E-state index contributed by atoms with van der Waals surface area (Å²) in [5.41, 5.74) is -0.274. The third kappa shape index (κ3) is 5.83. The van der Waals surface area contributed by atoms with Gasteiger partial charge in [-0.05, 0) is 68.0 Å². The molecule has 0 aliphatic rings. The molecular formula is C28H28F3NO4S. The average Bonchev–Trinajstić information content (AvgIpc) is 3.29. The summed E-state index contributed by atoms with van der Waals surface area (Å²) in [4.78, 5) is 2.24. The number of para-hydroxylation sites is 1. The SMILES string of the molecule is CCN(CC)CCCOc1ccc(S(=O)(=O)c2c(-c3ccc(C(F)(F)F)cc3)oc3ccccc23)cc1. The van der Waals surface area contributed by atoms with Gasteiger partial charge in [0.2, 0.25) is 9.84 Å². The zero-order valence-corrected chi connectivity index (χ0v) is 21.4. The minimum atomic E-state index is -4.50. The number of alkyl halides is 3. The van der Waals surface area contributed by atoms with E-state index < -0.39 is 21.6 Å². The van der Waals surface area contributed by atoms with Crippen LogP contribution in [-0.2, 0) is 16.0 Å². The van der Waals surface area contributed by atoms with Crippen LogP contribution in [0.15, 0.2) is 87.0 Å². The molecule has 0 saturated heterocycles. The lowest BCUT2D eigenvalue weighted by atomic mass is 10.1. The first-order valence-electron chi connectivity index (χ1n) is 12.0. The van der Waals surface area contributed by atoms with Crippen molar-refractivity contribution in [2.45, 2.75) is 36.2 Å². The van der Waals surface area contributed by atoms with E-state index in [1.54, 1.807) is 36.4 Å². The fraction of sp³-hybridized carbons (Fsp3) is 0.286. The molecule has 0 aliphatic heterocycles. The molecule has 0 aliphatic carbocycles. The van der Waals surface area contributed by atoms with Gasteiger partial charge in [0, 0.05) is 17.5 Å². The van der Waals surface area contributed by atoms with Crippen LogP contribution in [0.2, 0.25) is 0 Å². The highest BCUT2D eigenvalue weighted by Gasteiger charge is 2.32. The van der Waals surface area contributed by atoms with Crippen LogP contribution in [-0.4, -0.2) is 39.6 Å². The number of benzene rings is 3. The monoisotopic (exact) mass is 531 g/mol. The lowest BCUT2D eigenvalue weighted by Gasteiger charge is -2.17. The van der Waals surface area contributed by atoms with E-state index in [1.165, 1.54) is 24.3 Å². The fourth-order valence-corrected chi connectivity index (χ4v) is 5.73. The van der Waals surface area contributed by atoms with Crippen molar-refractivity contribution in [3.05, 3.63) is 78.4 Å². The lowest BCUT2D eigenvalue weighted by molar-refractivity contribution is -0.137. The van der Waals surface area contributed by atoms with Gasteiger partial charge in [0.1, 0.15) is 16.2 Å². The predicted molar refractivity (Wildman–Crippen MR) is 136 cm³/mol. The zero-order chi connectivity index (χ0) is 26.6. The number of ether oxygens (including phenoxy) is 1. The summed E-state index contributed by atoms with van der Waals surface area (Å²) in [5, 5.41) is 0.356. The maximum atomic E-state index is 13.8. The van der Waals surface area contributed by atoms with Gasteiger partial charge in [-0.1, -0.05) is 38.1 Å². The summed E-state index contributed by atoms with van der Waals surface area (Å²) < 4.78 is 78.3. The second-order valence-electron chi connectivity index (χ2n) is 8.54. The van der Waals surface area contributed by atoms with Crippen molar-refractivity contribution in [3.63, 3.8) is 0 Å².